The van der Waals surface area contributed by atoms with Crippen LogP contribution in [0.4, 0.5) is 11.4 Å². The van der Waals surface area contributed by atoms with Gasteiger partial charge in [-0.3, -0.25) is 0 Å². The van der Waals surface area contributed by atoms with Gasteiger partial charge in [0, 0.05) is 17.6 Å². The number of alkyl halides is 1. The molecule has 2 aromatic carbocycles. The highest BCUT2D eigenvalue weighted by molar-refractivity contribution is 9.09. The van der Waals surface area contributed by atoms with E-state index in [2.05, 4.69) is 50.4 Å². The first-order valence-electron chi connectivity index (χ1n) is 6.71. The normalized spacial score (nSPS) is 10.0. The van der Waals surface area contributed by atoms with Gasteiger partial charge in [0.05, 0.1) is 6.57 Å². The number of halogens is 1. The third-order valence-corrected chi connectivity index (χ3v) is 3.66. The van der Waals surface area contributed by atoms with Gasteiger partial charge in [-0.1, -0.05) is 52.3 Å². The zero-order valence-corrected chi connectivity index (χ0v) is 12.9. The Labute approximate surface area is 128 Å². The minimum Gasteiger partial charge on any atom is -0.385 e. The number of hydrogen-bond acceptors (Lipinski definition) is 1. The highest BCUT2D eigenvalue weighted by Gasteiger charge is 1.98. The molecule has 0 heterocycles. The van der Waals surface area contributed by atoms with Crippen LogP contribution >= 0.6 is 15.9 Å². The topological polar surface area (TPSA) is 16.4 Å². The summed E-state index contributed by atoms with van der Waals surface area (Å²) in [4.78, 5) is 3.40. The maximum absolute atomic E-state index is 6.96. The molecule has 0 bridgehead atoms. The number of hydrogen-bond donors (Lipinski definition) is 1. The summed E-state index contributed by atoms with van der Waals surface area (Å²) >= 11 is 3.44. The van der Waals surface area contributed by atoms with Gasteiger partial charge in [-0.15, -0.1) is 0 Å². The van der Waals surface area contributed by atoms with Crippen molar-refractivity contribution in [2.75, 3.05) is 17.2 Å². The molecule has 0 aromatic heterocycles. The molecule has 0 aliphatic heterocycles. The van der Waals surface area contributed by atoms with Gasteiger partial charge in [0.15, 0.2) is 5.69 Å². The molecule has 0 aliphatic carbocycles. The van der Waals surface area contributed by atoms with Crippen molar-refractivity contribution in [2.45, 2.75) is 12.8 Å². The van der Waals surface area contributed by atoms with E-state index in [1.807, 2.05) is 24.3 Å². The maximum Gasteiger partial charge on any atom is 0.187 e. The Morgan fingerprint density at radius 3 is 2.05 bits per heavy atom. The molecule has 0 radical (unpaired) electrons. The monoisotopic (exact) mass is 328 g/mol. The van der Waals surface area contributed by atoms with Crippen molar-refractivity contribution in [3.63, 3.8) is 0 Å². The fourth-order valence-electron chi connectivity index (χ4n) is 1.96. The lowest BCUT2D eigenvalue weighted by atomic mass is 10.1. The molecule has 0 fully saturated rings. The molecule has 0 aliphatic rings. The second kappa shape index (κ2) is 7.72. The Hall–Kier alpha value is -1.79. The fourth-order valence-corrected chi connectivity index (χ4v) is 2.36. The average Bonchev–Trinajstić information content (AvgIpc) is 2.52. The van der Waals surface area contributed by atoms with E-state index in [4.69, 9.17) is 6.57 Å². The van der Waals surface area contributed by atoms with E-state index >= 15 is 0 Å². The van der Waals surface area contributed by atoms with Crippen molar-refractivity contribution in [2.24, 2.45) is 0 Å². The third-order valence-electron chi connectivity index (χ3n) is 3.10. The summed E-state index contributed by atoms with van der Waals surface area (Å²) in [6.45, 7) is 7.96. The van der Waals surface area contributed by atoms with Crippen molar-refractivity contribution in [3.8, 4) is 11.1 Å². The Morgan fingerprint density at radius 1 is 0.900 bits per heavy atom. The summed E-state index contributed by atoms with van der Waals surface area (Å²) < 4.78 is 0. The van der Waals surface area contributed by atoms with Crippen molar-refractivity contribution in [3.05, 3.63) is 59.9 Å². The molecule has 3 heteroatoms. The average molecular weight is 329 g/mol. The highest BCUT2D eigenvalue weighted by Crippen LogP contribution is 2.24. The first-order chi connectivity index (χ1) is 9.83. The first kappa shape index (κ1) is 14.6. The van der Waals surface area contributed by atoms with Gasteiger partial charge >= 0.3 is 0 Å². The van der Waals surface area contributed by atoms with Crippen LogP contribution in [0.3, 0.4) is 0 Å². The molecular formula is C17H17BrN2. The predicted octanol–water partition coefficient (Wildman–Crippen LogP) is 5.49. The summed E-state index contributed by atoms with van der Waals surface area (Å²) in [7, 11) is 0. The van der Waals surface area contributed by atoms with Crippen LogP contribution in [0, 0.1) is 6.57 Å². The molecule has 2 nitrogen and oxygen atoms in total. The Kier molecular flexibility index (Phi) is 5.64. The van der Waals surface area contributed by atoms with Gasteiger partial charge in [-0.05, 0) is 36.1 Å². The van der Waals surface area contributed by atoms with Crippen LogP contribution in [-0.4, -0.2) is 11.9 Å². The second-order valence-corrected chi connectivity index (χ2v) is 5.35. The molecule has 0 saturated heterocycles. The van der Waals surface area contributed by atoms with Gasteiger partial charge in [-0.2, -0.15) is 0 Å². The molecule has 0 saturated carbocycles. The summed E-state index contributed by atoms with van der Waals surface area (Å²) in [5.74, 6) is 0. The first-order valence-corrected chi connectivity index (χ1v) is 7.83. The van der Waals surface area contributed by atoms with E-state index in [0.717, 1.165) is 23.1 Å². The van der Waals surface area contributed by atoms with E-state index in [9.17, 15) is 0 Å². The summed E-state index contributed by atoms with van der Waals surface area (Å²) in [5.41, 5.74) is 4.15. The molecule has 1 N–H and O–H groups in total. The summed E-state index contributed by atoms with van der Waals surface area (Å²) in [6, 6.07) is 16.1. The molecular weight excluding hydrogens is 312 g/mol. The largest absolute Gasteiger partial charge is 0.385 e. The Balaban J connectivity index is 1.98. The molecule has 0 amide bonds. The highest BCUT2D eigenvalue weighted by atomic mass is 79.9. The molecule has 0 unspecified atom stereocenters. The zero-order valence-electron chi connectivity index (χ0n) is 11.3. The lowest BCUT2D eigenvalue weighted by Gasteiger charge is -2.07. The van der Waals surface area contributed by atoms with Crippen LogP contribution in [0.25, 0.3) is 16.0 Å². The maximum atomic E-state index is 6.96. The molecule has 20 heavy (non-hydrogen) atoms. The van der Waals surface area contributed by atoms with Crippen molar-refractivity contribution in [1.82, 2.24) is 0 Å². The van der Waals surface area contributed by atoms with Crippen molar-refractivity contribution >= 4 is 27.3 Å². The molecule has 2 rings (SSSR count). The minimum atomic E-state index is 0.679. The van der Waals surface area contributed by atoms with Crippen molar-refractivity contribution in [1.29, 1.82) is 0 Å². The van der Waals surface area contributed by atoms with Crippen molar-refractivity contribution < 1.29 is 0 Å². The molecule has 0 atom stereocenters. The zero-order chi connectivity index (χ0) is 14.2. The molecule has 102 valence electrons. The van der Waals surface area contributed by atoms with Crippen LogP contribution in [0.1, 0.15) is 12.8 Å². The van der Waals surface area contributed by atoms with Crippen LogP contribution in [0.15, 0.2) is 48.5 Å². The van der Waals surface area contributed by atoms with Crippen LogP contribution in [-0.2, 0) is 0 Å². The van der Waals surface area contributed by atoms with E-state index in [0.29, 0.717) is 5.69 Å². The van der Waals surface area contributed by atoms with Crippen LogP contribution in [0.2, 0.25) is 0 Å². The number of anilines is 1. The van der Waals surface area contributed by atoms with E-state index < -0.39 is 0 Å². The minimum absolute atomic E-state index is 0.679. The smallest absolute Gasteiger partial charge is 0.187 e. The number of nitrogens with zero attached hydrogens (tertiary/aromatic N) is 1. The fraction of sp³-hybridized carbons (Fsp3) is 0.235. The molecule has 2 aromatic rings. The Bertz CT molecular complexity index is 567. The third kappa shape index (κ3) is 4.11. The molecule has 0 spiro atoms. The van der Waals surface area contributed by atoms with Gasteiger partial charge < -0.3 is 5.32 Å². The van der Waals surface area contributed by atoms with Gasteiger partial charge in [0.25, 0.3) is 0 Å². The second-order valence-electron chi connectivity index (χ2n) is 4.56. The van der Waals surface area contributed by atoms with Gasteiger partial charge in [0.2, 0.25) is 0 Å². The van der Waals surface area contributed by atoms with Gasteiger partial charge in [-0.25, -0.2) is 4.85 Å². The SMILES string of the molecule is [C-]#[N+]c1ccc(-c2ccc(NCCCCBr)cc2)cc1. The van der Waals surface area contributed by atoms with E-state index in [1.54, 1.807) is 0 Å². The van der Waals surface area contributed by atoms with Gasteiger partial charge in [0.1, 0.15) is 0 Å². The lowest BCUT2D eigenvalue weighted by molar-refractivity contribution is 0.847. The van der Waals surface area contributed by atoms with E-state index in [-0.39, 0.29) is 0 Å². The van der Waals surface area contributed by atoms with E-state index in [1.165, 1.54) is 18.4 Å². The summed E-state index contributed by atoms with van der Waals surface area (Å²) in [6.07, 6.45) is 2.36. The van der Waals surface area contributed by atoms with Crippen LogP contribution < -0.4 is 5.32 Å². The number of unbranched alkanes of at least 4 members (excludes halogenated alkanes) is 1. The standard InChI is InChI=1S/C17H17BrN2/c1-19-16-8-4-14(5-9-16)15-6-10-17(11-7-15)20-13-3-2-12-18/h4-11,20H,2-3,12-13H2. The number of benzene rings is 2. The van der Waals surface area contributed by atoms with Crippen LogP contribution in [0.5, 0.6) is 0 Å². The predicted molar refractivity (Wildman–Crippen MR) is 89.7 cm³/mol. The number of rotatable bonds is 6. The quantitative estimate of drug-likeness (QED) is 0.421. The summed E-state index contributed by atoms with van der Waals surface area (Å²) in [5, 5.41) is 4.48. The Morgan fingerprint density at radius 2 is 1.50 bits per heavy atom. The number of nitrogens with one attached hydrogen (secondary N) is 1. The lowest BCUT2D eigenvalue weighted by Crippen LogP contribution is -2.01.